The molecule has 1 N–H and O–H groups in total. The summed E-state index contributed by atoms with van der Waals surface area (Å²) in [5.74, 6) is -0.871. The summed E-state index contributed by atoms with van der Waals surface area (Å²) in [6, 6.07) is 13.4. The zero-order chi connectivity index (χ0) is 20.0. The fourth-order valence-electron chi connectivity index (χ4n) is 2.47. The van der Waals surface area contributed by atoms with Crippen LogP contribution in [0.4, 0.5) is 5.69 Å². The van der Waals surface area contributed by atoms with Gasteiger partial charge in [0.15, 0.2) is 0 Å². The second-order valence-corrected chi connectivity index (χ2v) is 6.01. The Kier molecular flexibility index (Phi) is 6.23. The minimum atomic E-state index is -0.805. The van der Waals surface area contributed by atoms with Gasteiger partial charge in [0.05, 0.1) is 16.6 Å². The van der Waals surface area contributed by atoms with Gasteiger partial charge in [-0.15, -0.1) is 0 Å². The Balaban J connectivity index is 1.99. The predicted molar refractivity (Wildman–Crippen MR) is 97.7 cm³/mol. The largest absolute Gasteiger partial charge is 0.341 e. The van der Waals surface area contributed by atoms with Crippen LogP contribution in [0.15, 0.2) is 48.5 Å². The number of nitrogens with zero attached hydrogens (tertiary/aromatic N) is 3. The lowest BCUT2D eigenvalue weighted by Crippen LogP contribution is -2.45. The zero-order valence-corrected chi connectivity index (χ0v) is 14.9. The van der Waals surface area contributed by atoms with Gasteiger partial charge < -0.3 is 10.2 Å². The maximum atomic E-state index is 12.5. The van der Waals surface area contributed by atoms with E-state index in [9.17, 15) is 19.7 Å². The molecule has 0 fully saturated rings. The lowest BCUT2D eigenvalue weighted by molar-refractivity contribution is -0.384. The number of carbonyl (C=O) groups excluding carboxylic acids is 2. The summed E-state index contributed by atoms with van der Waals surface area (Å²) in [7, 11) is 1.61. The number of nitriles is 1. The van der Waals surface area contributed by atoms with E-state index < -0.39 is 16.9 Å². The summed E-state index contributed by atoms with van der Waals surface area (Å²) in [6.45, 7) is 1.87. The third kappa shape index (κ3) is 5.12. The SMILES string of the molecule is CC(NC(=O)c1cccc([N+](=O)[O-])c1)C(=O)N(C)Cc1ccc(C#N)cc1. The molecular weight excluding hydrogens is 348 g/mol. The highest BCUT2D eigenvalue weighted by atomic mass is 16.6. The molecule has 138 valence electrons. The highest BCUT2D eigenvalue weighted by Gasteiger charge is 2.21. The summed E-state index contributed by atoms with van der Waals surface area (Å²) < 4.78 is 0. The van der Waals surface area contributed by atoms with Crippen LogP contribution in [0.1, 0.15) is 28.4 Å². The molecule has 0 saturated heterocycles. The molecule has 2 aromatic rings. The van der Waals surface area contributed by atoms with Crippen molar-refractivity contribution in [1.82, 2.24) is 10.2 Å². The first-order valence-electron chi connectivity index (χ1n) is 8.11. The third-order valence-electron chi connectivity index (χ3n) is 3.92. The van der Waals surface area contributed by atoms with Crippen molar-refractivity contribution in [2.24, 2.45) is 0 Å². The van der Waals surface area contributed by atoms with Gasteiger partial charge in [0.2, 0.25) is 5.91 Å². The molecule has 2 aromatic carbocycles. The molecule has 0 aliphatic rings. The summed E-state index contributed by atoms with van der Waals surface area (Å²) in [5, 5.41) is 22.2. The quantitative estimate of drug-likeness (QED) is 0.622. The standard InChI is InChI=1S/C19H18N4O4/c1-13(21-18(24)16-4-3-5-17(10-16)23(26)27)19(25)22(2)12-15-8-6-14(11-20)7-9-15/h3-10,13H,12H2,1-2H3,(H,21,24). The van der Waals surface area contributed by atoms with Gasteiger partial charge in [-0.1, -0.05) is 18.2 Å². The molecule has 1 unspecified atom stereocenters. The van der Waals surface area contributed by atoms with Crippen LogP contribution in [0, 0.1) is 21.4 Å². The molecule has 27 heavy (non-hydrogen) atoms. The van der Waals surface area contributed by atoms with E-state index in [2.05, 4.69) is 5.32 Å². The molecule has 2 rings (SSSR count). The second-order valence-electron chi connectivity index (χ2n) is 6.01. The van der Waals surface area contributed by atoms with Crippen LogP contribution >= 0.6 is 0 Å². The number of amides is 2. The summed E-state index contributed by atoms with van der Waals surface area (Å²) >= 11 is 0. The number of nitro groups is 1. The Morgan fingerprint density at radius 3 is 2.52 bits per heavy atom. The smallest absolute Gasteiger partial charge is 0.270 e. The number of benzene rings is 2. The maximum absolute atomic E-state index is 12.5. The molecule has 0 spiro atoms. The van der Waals surface area contributed by atoms with E-state index >= 15 is 0 Å². The topological polar surface area (TPSA) is 116 Å². The van der Waals surface area contributed by atoms with Crippen LogP contribution in [0.25, 0.3) is 0 Å². The molecule has 0 saturated carbocycles. The minimum absolute atomic E-state index is 0.110. The number of non-ortho nitro benzene ring substituents is 1. The van der Waals surface area contributed by atoms with Crippen LogP contribution in [-0.2, 0) is 11.3 Å². The number of nitrogens with one attached hydrogen (secondary N) is 1. The Bertz CT molecular complexity index is 903. The number of rotatable bonds is 6. The van der Waals surface area contributed by atoms with Crippen LogP contribution < -0.4 is 5.32 Å². The number of nitro benzene ring substituents is 1. The molecule has 0 heterocycles. The van der Waals surface area contributed by atoms with E-state index in [-0.39, 0.29) is 17.2 Å². The Hall–Kier alpha value is -3.73. The fourth-order valence-corrected chi connectivity index (χ4v) is 2.47. The van der Waals surface area contributed by atoms with Gasteiger partial charge >= 0.3 is 0 Å². The van der Waals surface area contributed by atoms with E-state index in [0.29, 0.717) is 12.1 Å². The molecule has 0 aliphatic heterocycles. The summed E-state index contributed by atoms with van der Waals surface area (Å²) in [4.78, 5) is 36.4. The van der Waals surface area contributed by atoms with E-state index in [0.717, 1.165) is 11.6 Å². The second kappa shape index (κ2) is 8.58. The van der Waals surface area contributed by atoms with Gasteiger partial charge in [0.25, 0.3) is 11.6 Å². The van der Waals surface area contributed by atoms with Gasteiger partial charge in [-0.05, 0) is 30.7 Å². The number of hydrogen-bond acceptors (Lipinski definition) is 5. The molecular formula is C19H18N4O4. The highest BCUT2D eigenvalue weighted by molar-refractivity contribution is 5.97. The first-order chi connectivity index (χ1) is 12.8. The minimum Gasteiger partial charge on any atom is -0.341 e. The van der Waals surface area contributed by atoms with Crippen molar-refractivity contribution in [2.45, 2.75) is 19.5 Å². The van der Waals surface area contributed by atoms with Crippen molar-refractivity contribution in [2.75, 3.05) is 7.05 Å². The van der Waals surface area contributed by atoms with Crippen LogP contribution in [-0.4, -0.2) is 34.7 Å². The third-order valence-corrected chi connectivity index (χ3v) is 3.92. The van der Waals surface area contributed by atoms with E-state index in [1.807, 2.05) is 6.07 Å². The van der Waals surface area contributed by atoms with Crippen LogP contribution in [0.5, 0.6) is 0 Å². The average molecular weight is 366 g/mol. The number of hydrogen-bond donors (Lipinski definition) is 1. The van der Waals surface area contributed by atoms with Gasteiger partial charge in [-0.25, -0.2) is 0 Å². The van der Waals surface area contributed by atoms with Crippen molar-refractivity contribution in [1.29, 1.82) is 5.26 Å². The van der Waals surface area contributed by atoms with Gasteiger partial charge in [0.1, 0.15) is 6.04 Å². The van der Waals surface area contributed by atoms with Gasteiger partial charge in [0, 0.05) is 31.3 Å². The van der Waals surface area contributed by atoms with Crippen LogP contribution in [0.3, 0.4) is 0 Å². The molecule has 0 aromatic heterocycles. The Morgan fingerprint density at radius 1 is 1.26 bits per heavy atom. The normalized spacial score (nSPS) is 11.1. The Morgan fingerprint density at radius 2 is 1.93 bits per heavy atom. The first-order valence-corrected chi connectivity index (χ1v) is 8.11. The fraction of sp³-hybridized carbons (Fsp3) is 0.211. The van der Waals surface area contributed by atoms with Gasteiger partial charge in [-0.3, -0.25) is 19.7 Å². The molecule has 0 aliphatic carbocycles. The van der Waals surface area contributed by atoms with Gasteiger partial charge in [-0.2, -0.15) is 5.26 Å². The number of likely N-dealkylation sites (N-methyl/N-ethyl adjacent to an activating group) is 1. The molecule has 0 radical (unpaired) electrons. The molecule has 2 amide bonds. The monoisotopic (exact) mass is 366 g/mol. The van der Waals surface area contributed by atoms with Crippen molar-refractivity contribution in [3.8, 4) is 6.07 Å². The van der Waals surface area contributed by atoms with Crippen molar-refractivity contribution in [3.63, 3.8) is 0 Å². The lowest BCUT2D eigenvalue weighted by Gasteiger charge is -2.22. The summed E-state index contributed by atoms with van der Waals surface area (Å²) in [5.41, 5.74) is 1.30. The average Bonchev–Trinajstić information content (AvgIpc) is 2.67. The molecule has 8 nitrogen and oxygen atoms in total. The zero-order valence-electron chi connectivity index (χ0n) is 14.9. The maximum Gasteiger partial charge on any atom is 0.270 e. The predicted octanol–water partition coefficient (Wildman–Crippen LogP) is 2.24. The summed E-state index contributed by atoms with van der Waals surface area (Å²) in [6.07, 6.45) is 0. The first kappa shape index (κ1) is 19.6. The molecule has 8 heteroatoms. The van der Waals surface area contributed by atoms with E-state index in [4.69, 9.17) is 5.26 Å². The Labute approximate surface area is 156 Å². The van der Waals surface area contributed by atoms with Crippen molar-refractivity contribution in [3.05, 3.63) is 75.3 Å². The van der Waals surface area contributed by atoms with Crippen molar-refractivity contribution >= 4 is 17.5 Å². The highest BCUT2D eigenvalue weighted by Crippen LogP contribution is 2.13. The lowest BCUT2D eigenvalue weighted by atomic mass is 10.1. The van der Waals surface area contributed by atoms with Crippen molar-refractivity contribution < 1.29 is 14.5 Å². The number of carbonyl (C=O) groups is 2. The van der Waals surface area contributed by atoms with E-state index in [1.165, 1.54) is 23.1 Å². The van der Waals surface area contributed by atoms with Crippen LogP contribution in [0.2, 0.25) is 0 Å². The van der Waals surface area contributed by atoms with E-state index in [1.54, 1.807) is 38.2 Å². The molecule has 1 atom stereocenters. The molecule has 0 bridgehead atoms.